The standard InChI is InChI=1S/C15H21N/c16-15-6-2-5-14(15)13-9-7-12(8-10-13)11-3-1-4-11/h7-11,14-15H,1-6,16H2. The first-order valence-corrected chi connectivity index (χ1v) is 6.70. The molecule has 0 spiro atoms. The molecule has 0 radical (unpaired) electrons. The lowest BCUT2D eigenvalue weighted by molar-refractivity contribution is 0.419. The Labute approximate surface area is 98.0 Å². The molecule has 0 aromatic heterocycles. The van der Waals surface area contributed by atoms with Crippen molar-refractivity contribution in [3.05, 3.63) is 35.4 Å². The maximum absolute atomic E-state index is 6.15. The lowest BCUT2D eigenvalue weighted by Crippen LogP contribution is -2.22. The van der Waals surface area contributed by atoms with E-state index in [2.05, 4.69) is 24.3 Å². The van der Waals surface area contributed by atoms with Gasteiger partial charge < -0.3 is 5.73 Å². The van der Waals surface area contributed by atoms with Crippen molar-refractivity contribution < 1.29 is 0 Å². The van der Waals surface area contributed by atoms with Gasteiger partial charge >= 0.3 is 0 Å². The van der Waals surface area contributed by atoms with Crippen molar-refractivity contribution in [3.63, 3.8) is 0 Å². The smallest absolute Gasteiger partial charge is 0.0108 e. The van der Waals surface area contributed by atoms with Gasteiger partial charge in [0, 0.05) is 6.04 Å². The Kier molecular flexibility index (Phi) is 2.72. The second-order valence-electron chi connectivity index (χ2n) is 5.50. The van der Waals surface area contributed by atoms with E-state index < -0.39 is 0 Å². The Balaban J connectivity index is 1.76. The Morgan fingerprint density at radius 2 is 1.44 bits per heavy atom. The first kappa shape index (κ1) is 10.3. The summed E-state index contributed by atoms with van der Waals surface area (Å²) in [5.41, 5.74) is 9.16. The van der Waals surface area contributed by atoms with E-state index in [1.165, 1.54) is 44.1 Å². The maximum atomic E-state index is 6.15. The third kappa shape index (κ3) is 1.78. The molecule has 86 valence electrons. The van der Waals surface area contributed by atoms with Crippen LogP contribution in [0.5, 0.6) is 0 Å². The van der Waals surface area contributed by atoms with Crippen LogP contribution < -0.4 is 5.73 Å². The van der Waals surface area contributed by atoms with E-state index >= 15 is 0 Å². The van der Waals surface area contributed by atoms with Gasteiger partial charge in [0.15, 0.2) is 0 Å². The average molecular weight is 215 g/mol. The van der Waals surface area contributed by atoms with Crippen LogP contribution in [0.3, 0.4) is 0 Å². The SMILES string of the molecule is NC1CCCC1c1ccc(C2CCC2)cc1. The van der Waals surface area contributed by atoms with Gasteiger partial charge in [-0.1, -0.05) is 37.1 Å². The molecular formula is C15H21N. The molecule has 16 heavy (non-hydrogen) atoms. The first-order chi connectivity index (χ1) is 7.84. The van der Waals surface area contributed by atoms with Gasteiger partial charge in [-0.05, 0) is 48.6 Å². The third-order valence-corrected chi connectivity index (χ3v) is 4.51. The van der Waals surface area contributed by atoms with Gasteiger partial charge in [0.2, 0.25) is 0 Å². The van der Waals surface area contributed by atoms with E-state index in [1.807, 2.05) is 0 Å². The van der Waals surface area contributed by atoms with Gasteiger partial charge in [-0.25, -0.2) is 0 Å². The summed E-state index contributed by atoms with van der Waals surface area (Å²) in [6.07, 6.45) is 7.99. The van der Waals surface area contributed by atoms with E-state index in [9.17, 15) is 0 Å². The highest BCUT2D eigenvalue weighted by molar-refractivity contribution is 5.30. The summed E-state index contributed by atoms with van der Waals surface area (Å²) in [6, 6.07) is 9.72. The number of benzene rings is 1. The zero-order valence-electron chi connectivity index (χ0n) is 9.86. The van der Waals surface area contributed by atoms with Crippen molar-refractivity contribution in [1.29, 1.82) is 0 Å². The second kappa shape index (κ2) is 4.21. The fourth-order valence-electron chi connectivity index (χ4n) is 3.16. The van der Waals surface area contributed by atoms with Crippen molar-refractivity contribution in [3.8, 4) is 0 Å². The molecule has 2 atom stereocenters. The van der Waals surface area contributed by atoms with Crippen molar-refractivity contribution in [2.75, 3.05) is 0 Å². The van der Waals surface area contributed by atoms with Gasteiger partial charge in [0.05, 0.1) is 0 Å². The minimum Gasteiger partial charge on any atom is -0.327 e. The summed E-state index contributed by atoms with van der Waals surface area (Å²) >= 11 is 0. The summed E-state index contributed by atoms with van der Waals surface area (Å²) in [6.45, 7) is 0. The fraction of sp³-hybridized carbons (Fsp3) is 0.600. The van der Waals surface area contributed by atoms with Gasteiger partial charge in [0.25, 0.3) is 0 Å². The van der Waals surface area contributed by atoms with Crippen LogP contribution >= 0.6 is 0 Å². The van der Waals surface area contributed by atoms with E-state index in [-0.39, 0.29) is 0 Å². The lowest BCUT2D eigenvalue weighted by atomic mass is 9.79. The fourth-order valence-corrected chi connectivity index (χ4v) is 3.16. The summed E-state index contributed by atoms with van der Waals surface area (Å²) in [4.78, 5) is 0. The summed E-state index contributed by atoms with van der Waals surface area (Å²) in [7, 11) is 0. The molecule has 1 aromatic rings. The molecular weight excluding hydrogens is 194 g/mol. The zero-order chi connectivity index (χ0) is 11.0. The molecule has 2 aliphatic rings. The molecule has 1 aromatic carbocycles. The topological polar surface area (TPSA) is 26.0 Å². The van der Waals surface area contributed by atoms with Crippen LogP contribution in [0.2, 0.25) is 0 Å². The molecule has 2 saturated carbocycles. The monoisotopic (exact) mass is 215 g/mol. The van der Waals surface area contributed by atoms with Crippen molar-refractivity contribution >= 4 is 0 Å². The third-order valence-electron chi connectivity index (χ3n) is 4.51. The normalized spacial score (nSPS) is 30.3. The van der Waals surface area contributed by atoms with Crippen LogP contribution in [0, 0.1) is 0 Å². The molecule has 0 saturated heterocycles. The molecule has 0 aliphatic heterocycles. The molecule has 0 bridgehead atoms. The second-order valence-corrected chi connectivity index (χ2v) is 5.50. The van der Waals surface area contributed by atoms with Gasteiger partial charge in [0.1, 0.15) is 0 Å². The molecule has 0 heterocycles. The first-order valence-electron chi connectivity index (χ1n) is 6.70. The molecule has 1 nitrogen and oxygen atoms in total. The summed E-state index contributed by atoms with van der Waals surface area (Å²) in [5, 5.41) is 0. The molecule has 1 heteroatoms. The molecule has 2 aliphatic carbocycles. The highest BCUT2D eigenvalue weighted by Crippen LogP contribution is 2.38. The number of nitrogens with two attached hydrogens (primary N) is 1. The van der Waals surface area contributed by atoms with Crippen molar-refractivity contribution in [2.45, 2.75) is 56.4 Å². The van der Waals surface area contributed by atoms with Gasteiger partial charge in [-0.2, -0.15) is 0 Å². The predicted octanol–water partition coefficient (Wildman–Crippen LogP) is 3.55. The number of rotatable bonds is 2. The van der Waals surface area contributed by atoms with Gasteiger partial charge in [-0.15, -0.1) is 0 Å². The van der Waals surface area contributed by atoms with E-state index in [0.717, 1.165) is 5.92 Å². The average Bonchev–Trinajstić information content (AvgIpc) is 2.63. The highest BCUT2D eigenvalue weighted by Gasteiger charge is 2.25. The van der Waals surface area contributed by atoms with Crippen LogP contribution in [0.15, 0.2) is 24.3 Å². The quantitative estimate of drug-likeness (QED) is 0.802. The number of hydrogen-bond donors (Lipinski definition) is 1. The lowest BCUT2D eigenvalue weighted by Gasteiger charge is -2.26. The summed E-state index contributed by atoms with van der Waals surface area (Å²) in [5.74, 6) is 1.47. The molecule has 0 amide bonds. The Hall–Kier alpha value is -0.820. The molecule has 2 N–H and O–H groups in total. The Morgan fingerprint density at radius 3 is 1.94 bits per heavy atom. The van der Waals surface area contributed by atoms with Crippen LogP contribution in [-0.2, 0) is 0 Å². The van der Waals surface area contributed by atoms with Crippen molar-refractivity contribution in [2.24, 2.45) is 5.73 Å². The molecule has 2 unspecified atom stereocenters. The summed E-state index contributed by atoms with van der Waals surface area (Å²) < 4.78 is 0. The van der Waals surface area contributed by atoms with Crippen LogP contribution in [0.25, 0.3) is 0 Å². The van der Waals surface area contributed by atoms with Crippen LogP contribution in [0.1, 0.15) is 61.5 Å². The van der Waals surface area contributed by atoms with Crippen LogP contribution in [0.4, 0.5) is 0 Å². The predicted molar refractivity (Wildman–Crippen MR) is 67.6 cm³/mol. The van der Waals surface area contributed by atoms with Gasteiger partial charge in [-0.3, -0.25) is 0 Å². The Bertz CT molecular complexity index is 350. The van der Waals surface area contributed by atoms with Crippen LogP contribution in [-0.4, -0.2) is 6.04 Å². The highest BCUT2D eigenvalue weighted by atomic mass is 14.7. The van der Waals surface area contributed by atoms with E-state index in [1.54, 1.807) is 5.56 Å². The zero-order valence-corrected chi connectivity index (χ0v) is 9.86. The van der Waals surface area contributed by atoms with Crippen molar-refractivity contribution in [1.82, 2.24) is 0 Å². The maximum Gasteiger partial charge on any atom is 0.0108 e. The Morgan fingerprint density at radius 1 is 0.812 bits per heavy atom. The number of hydrogen-bond acceptors (Lipinski definition) is 1. The molecule has 3 rings (SSSR count). The minimum atomic E-state index is 0.398. The largest absolute Gasteiger partial charge is 0.327 e. The molecule has 2 fully saturated rings. The van der Waals surface area contributed by atoms with E-state index in [0.29, 0.717) is 12.0 Å². The minimum absolute atomic E-state index is 0.398. The van der Waals surface area contributed by atoms with E-state index in [4.69, 9.17) is 5.73 Å².